The number of carbonyl (C=O) groups is 1. The average molecular weight is 367 g/mol. The zero-order valence-corrected chi connectivity index (χ0v) is 15.1. The van der Waals surface area contributed by atoms with Crippen molar-refractivity contribution in [3.63, 3.8) is 0 Å². The van der Waals surface area contributed by atoms with Gasteiger partial charge in [0.15, 0.2) is 0 Å². The van der Waals surface area contributed by atoms with Crippen LogP contribution in [0, 0.1) is 0 Å². The van der Waals surface area contributed by atoms with Crippen molar-refractivity contribution in [1.29, 1.82) is 0 Å². The molecule has 6 heteroatoms. The van der Waals surface area contributed by atoms with Crippen molar-refractivity contribution in [1.82, 2.24) is 15.6 Å². The topological polar surface area (TPSA) is 74.2 Å². The number of rotatable bonds is 6. The number of benzene rings is 2. The smallest absolute Gasteiger partial charge is 0.252 e. The summed E-state index contributed by atoms with van der Waals surface area (Å²) in [5, 5.41) is 16.4. The van der Waals surface area contributed by atoms with Crippen LogP contribution in [0.5, 0.6) is 0 Å². The number of nitrogens with one attached hydrogen (secondary N) is 2. The highest BCUT2D eigenvalue weighted by Gasteiger charge is 2.21. The van der Waals surface area contributed by atoms with Gasteiger partial charge in [0.1, 0.15) is 0 Å². The van der Waals surface area contributed by atoms with E-state index in [2.05, 4.69) is 39.9 Å². The molecule has 1 aromatic heterocycles. The van der Waals surface area contributed by atoms with Crippen LogP contribution in [0.4, 0.5) is 0 Å². The van der Waals surface area contributed by atoms with Crippen LogP contribution in [0.1, 0.15) is 21.5 Å². The monoisotopic (exact) mass is 367 g/mol. The molecule has 1 amide bonds. The molecule has 134 valence electrons. The van der Waals surface area contributed by atoms with Gasteiger partial charge in [0, 0.05) is 19.1 Å². The summed E-state index contributed by atoms with van der Waals surface area (Å²) >= 11 is 1.45. The Hall–Kier alpha value is -2.28. The zero-order valence-electron chi connectivity index (χ0n) is 14.3. The van der Waals surface area contributed by atoms with Gasteiger partial charge in [-0.25, -0.2) is 4.98 Å². The quantitative estimate of drug-likeness (QED) is 0.624. The number of thiazole rings is 1. The highest BCUT2D eigenvalue weighted by atomic mass is 32.1. The first-order chi connectivity index (χ1) is 12.7. The molecule has 26 heavy (non-hydrogen) atoms. The summed E-state index contributed by atoms with van der Waals surface area (Å²) in [4.78, 5) is 16.6. The molecule has 4 rings (SSSR count). The standard InChI is InChI=1S/C20H21N3O2S/c24-16(10-21-15-8-13-4-1-2-5-14(13)9-15)11-22-20(25)17-6-3-7-18-19(17)26-12-23-18/h1-7,12,15-16,21,24H,8-11H2,(H,22,25). The Kier molecular flexibility index (Phi) is 4.97. The summed E-state index contributed by atoms with van der Waals surface area (Å²) in [5.41, 5.74) is 5.93. The summed E-state index contributed by atoms with van der Waals surface area (Å²) in [6, 6.07) is 14.3. The van der Waals surface area contributed by atoms with Gasteiger partial charge in [0.25, 0.3) is 5.91 Å². The first-order valence-corrected chi connectivity index (χ1v) is 9.67. The summed E-state index contributed by atoms with van der Waals surface area (Å²) in [5.74, 6) is -0.174. The second kappa shape index (κ2) is 7.53. The number of fused-ring (bicyclic) bond motifs is 2. The van der Waals surface area contributed by atoms with Gasteiger partial charge in [-0.3, -0.25) is 4.79 Å². The van der Waals surface area contributed by atoms with Crippen LogP contribution in [-0.4, -0.2) is 41.2 Å². The molecule has 0 fully saturated rings. The molecule has 1 unspecified atom stereocenters. The molecule has 0 radical (unpaired) electrons. The number of carbonyl (C=O) groups excluding carboxylic acids is 1. The first-order valence-electron chi connectivity index (χ1n) is 8.79. The summed E-state index contributed by atoms with van der Waals surface area (Å²) in [6.07, 6.45) is 1.36. The van der Waals surface area contributed by atoms with Gasteiger partial charge < -0.3 is 15.7 Å². The molecule has 0 saturated heterocycles. The maximum absolute atomic E-state index is 12.4. The fourth-order valence-corrected chi connectivity index (χ4v) is 4.25. The molecule has 0 saturated carbocycles. The van der Waals surface area contributed by atoms with Crippen LogP contribution in [-0.2, 0) is 12.8 Å². The largest absolute Gasteiger partial charge is 0.390 e. The molecule has 1 aliphatic carbocycles. The third-order valence-electron chi connectivity index (χ3n) is 4.79. The van der Waals surface area contributed by atoms with E-state index in [4.69, 9.17) is 0 Å². The lowest BCUT2D eigenvalue weighted by atomic mass is 10.1. The van der Waals surface area contributed by atoms with Crippen LogP contribution in [0.3, 0.4) is 0 Å². The first kappa shape index (κ1) is 17.1. The number of amides is 1. The molecule has 0 spiro atoms. The minimum absolute atomic E-state index is 0.174. The fraction of sp³-hybridized carbons (Fsp3) is 0.300. The van der Waals surface area contributed by atoms with Crippen LogP contribution in [0.25, 0.3) is 10.2 Å². The van der Waals surface area contributed by atoms with Crippen LogP contribution in [0.2, 0.25) is 0 Å². The van der Waals surface area contributed by atoms with Gasteiger partial charge in [-0.1, -0.05) is 30.3 Å². The Morgan fingerprint density at radius 1 is 1.15 bits per heavy atom. The second-order valence-electron chi connectivity index (χ2n) is 6.65. The lowest BCUT2D eigenvalue weighted by molar-refractivity contribution is 0.0915. The molecule has 3 N–H and O–H groups in total. The molecule has 1 heterocycles. The van der Waals surface area contributed by atoms with Gasteiger partial charge in [-0.2, -0.15) is 0 Å². The molecule has 1 atom stereocenters. The van der Waals surface area contributed by atoms with E-state index in [9.17, 15) is 9.90 Å². The lowest BCUT2D eigenvalue weighted by Crippen LogP contribution is -2.41. The van der Waals surface area contributed by atoms with Crippen molar-refractivity contribution in [2.45, 2.75) is 25.0 Å². The number of aliphatic hydroxyl groups is 1. The van der Waals surface area contributed by atoms with Gasteiger partial charge in [-0.15, -0.1) is 11.3 Å². The van der Waals surface area contributed by atoms with Gasteiger partial charge in [0.2, 0.25) is 0 Å². The maximum atomic E-state index is 12.4. The van der Waals surface area contributed by atoms with Crippen molar-refractivity contribution in [3.05, 3.63) is 64.7 Å². The highest BCUT2D eigenvalue weighted by molar-refractivity contribution is 7.17. The Balaban J connectivity index is 1.26. The third-order valence-corrected chi connectivity index (χ3v) is 5.67. The number of aromatic nitrogens is 1. The Bertz CT molecular complexity index is 899. The zero-order chi connectivity index (χ0) is 17.9. The minimum atomic E-state index is -0.622. The molecule has 2 aromatic carbocycles. The molecular weight excluding hydrogens is 346 g/mol. The molecule has 5 nitrogen and oxygen atoms in total. The highest BCUT2D eigenvalue weighted by Crippen LogP contribution is 2.22. The number of nitrogens with zero attached hydrogens (tertiary/aromatic N) is 1. The Morgan fingerprint density at radius 2 is 1.92 bits per heavy atom. The lowest BCUT2D eigenvalue weighted by Gasteiger charge is -2.17. The van der Waals surface area contributed by atoms with Crippen molar-refractivity contribution >= 4 is 27.5 Å². The predicted octanol–water partition coefficient (Wildman–Crippen LogP) is 2.14. The normalized spacial score (nSPS) is 15.1. The molecule has 0 bridgehead atoms. The number of hydrogen-bond acceptors (Lipinski definition) is 5. The Labute approximate surface area is 156 Å². The SMILES string of the molecule is O=C(NCC(O)CNC1Cc2ccccc2C1)c1cccc2ncsc12. The molecule has 1 aliphatic rings. The van der Waals surface area contributed by atoms with E-state index in [1.165, 1.54) is 22.5 Å². The molecule has 3 aromatic rings. The van der Waals surface area contributed by atoms with E-state index in [-0.39, 0.29) is 12.5 Å². The molecular formula is C20H21N3O2S. The molecule has 0 aliphatic heterocycles. The van der Waals surface area contributed by atoms with Gasteiger partial charge in [-0.05, 0) is 36.1 Å². The van der Waals surface area contributed by atoms with E-state index in [1.54, 1.807) is 11.6 Å². The summed E-state index contributed by atoms with van der Waals surface area (Å²) in [6.45, 7) is 0.685. The minimum Gasteiger partial charge on any atom is -0.390 e. The fourth-order valence-electron chi connectivity index (χ4n) is 3.45. The van der Waals surface area contributed by atoms with Crippen LogP contribution in [0.15, 0.2) is 48.0 Å². The van der Waals surface area contributed by atoms with Crippen molar-refractivity contribution in [3.8, 4) is 0 Å². The van der Waals surface area contributed by atoms with E-state index >= 15 is 0 Å². The van der Waals surface area contributed by atoms with E-state index in [0.717, 1.165) is 23.1 Å². The van der Waals surface area contributed by atoms with Gasteiger partial charge in [0.05, 0.1) is 27.4 Å². The second-order valence-corrected chi connectivity index (χ2v) is 7.51. The average Bonchev–Trinajstić information content (AvgIpc) is 3.30. The number of aliphatic hydroxyl groups excluding tert-OH is 1. The van der Waals surface area contributed by atoms with Crippen molar-refractivity contribution in [2.75, 3.05) is 13.1 Å². The predicted molar refractivity (Wildman–Crippen MR) is 104 cm³/mol. The summed E-state index contributed by atoms with van der Waals surface area (Å²) < 4.78 is 0.876. The van der Waals surface area contributed by atoms with E-state index < -0.39 is 6.10 Å². The number of hydrogen-bond donors (Lipinski definition) is 3. The maximum Gasteiger partial charge on any atom is 0.252 e. The van der Waals surface area contributed by atoms with Crippen molar-refractivity contribution in [2.24, 2.45) is 0 Å². The third kappa shape index (κ3) is 3.62. The summed E-state index contributed by atoms with van der Waals surface area (Å²) in [7, 11) is 0. The van der Waals surface area contributed by atoms with E-state index in [1.807, 2.05) is 12.1 Å². The van der Waals surface area contributed by atoms with E-state index in [0.29, 0.717) is 18.2 Å². The van der Waals surface area contributed by atoms with Gasteiger partial charge >= 0.3 is 0 Å². The Morgan fingerprint density at radius 3 is 2.69 bits per heavy atom. The van der Waals surface area contributed by atoms with Crippen molar-refractivity contribution < 1.29 is 9.90 Å². The van der Waals surface area contributed by atoms with Crippen LogP contribution < -0.4 is 10.6 Å². The van der Waals surface area contributed by atoms with Crippen LogP contribution >= 0.6 is 11.3 Å².